The Morgan fingerprint density at radius 3 is 3.11 bits per heavy atom. The highest BCUT2D eigenvalue weighted by atomic mass is 16.1. The van der Waals surface area contributed by atoms with Crippen LogP contribution in [0.1, 0.15) is 22.3 Å². The Morgan fingerprint density at radius 2 is 2.26 bits per heavy atom. The number of hydrogen-bond acceptors (Lipinski definition) is 3. The third kappa shape index (κ3) is 2.57. The van der Waals surface area contributed by atoms with Crippen LogP contribution in [0.2, 0.25) is 0 Å². The number of pyridine rings is 1. The van der Waals surface area contributed by atoms with Crippen LogP contribution in [0.25, 0.3) is 0 Å². The van der Waals surface area contributed by atoms with Crippen LogP contribution in [0.3, 0.4) is 0 Å². The summed E-state index contributed by atoms with van der Waals surface area (Å²) in [5.74, 6) is -0.0960. The van der Waals surface area contributed by atoms with Gasteiger partial charge in [-0.25, -0.2) is 0 Å². The maximum absolute atomic E-state index is 12.1. The Labute approximate surface area is 111 Å². The van der Waals surface area contributed by atoms with Gasteiger partial charge in [0.05, 0.1) is 11.9 Å². The van der Waals surface area contributed by atoms with E-state index >= 15 is 0 Å². The van der Waals surface area contributed by atoms with Gasteiger partial charge < -0.3 is 10.6 Å². The van der Waals surface area contributed by atoms with E-state index in [1.807, 2.05) is 24.3 Å². The first-order chi connectivity index (χ1) is 9.33. The summed E-state index contributed by atoms with van der Waals surface area (Å²) in [5.41, 5.74) is 3.75. The van der Waals surface area contributed by atoms with Crippen LogP contribution in [-0.2, 0) is 6.42 Å². The van der Waals surface area contributed by atoms with E-state index in [1.54, 1.807) is 18.5 Å². The lowest BCUT2D eigenvalue weighted by molar-refractivity contribution is 0.102. The Balaban J connectivity index is 1.80. The van der Waals surface area contributed by atoms with Crippen LogP contribution >= 0.6 is 0 Å². The fourth-order valence-corrected chi connectivity index (χ4v) is 2.26. The molecule has 1 aliphatic heterocycles. The standard InChI is InChI=1S/C15H15N3O/c19-15(18-13-4-2-7-16-10-13)12-5-6-14-11(9-12)3-1-8-17-14/h2,4-7,9-10,17H,1,3,8H2,(H,18,19). The van der Waals surface area contributed by atoms with Gasteiger partial charge in [0, 0.05) is 24.0 Å². The summed E-state index contributed by atoms with van der Waals surface area (Å²) in [6.45, 7) is 1.01. The van der Waals surface area contributed by atoms with E-state index in [1.165, 1.54) is 5.56 Å². The molecule has 0 saturated carbocycles. The summed E-state index contributed by atoms with van der Waals surface area (Å²) in [4.78, 5) is 16.1. The third-order valence-electron chi connectivity index (χ3n) is 3.23. The molecule has 1 amide bonds. The van der Waals surface area contributed by atoms with E-state index < -0.39 is 0 Å². The molecule has 0 fully saturated rings. The van der Waals surface area contributed by atoms with E-state index in [-0.39, 0.29) is 5.91 Å². The molecule has 4 nitrogen and oxygen atoms in total. The molecule has 0 spiro atoms. The minimum Gasteiger partial charge on any atom is -0.385 e. The predicted octanol–water partition coefficient (Wildman–Crippen LogP) is 2.69. The first-order valence-corrected chi connectivity index (χ1v) is 6.41. The average molecular weight is 253 g/mol. The molecule has 1 aliphatic rings. The molecule has 4 heteroatoms. The minimum atomic E-state index is -0.0960. The van der Waals surface area contributed by atoms with Gasteiger partial charge in [-0.2, -0.15) is 0 Å². The number of nitrogens with zero attached hydrogens (tertiary/aromatic N) is 1. The molecule has 0 aliphatic carbocycles. The van der Waals surface area contributed by atoms with Gasteiger partial charge in [-0.05, 0) is 48.7 Å². The van der Waals surface area contributed by atoms with Crippen molar-refractivity contribution in [1.29, 1.82) is 0 Å². The Hall–Kier alpha value is -2.36. The number of carbonyl (C=O) groups is 1. The number of rotatable bonds is 2. The molecule has 96 valence electrons. The largest absolute Gasteiger partial charge is 0.385 e. The lowest BCUT2D eigenvalue weighted by atomic mass is 10.0. The predicted molar refractivity (Wildman–Crippen MR) is 75.4 cm³/mol. The van der Waals surface area contributed by atoms with Crippen molar-refractivity contribution >= 4 is 17.3 Å². The van der Waals surface area contributed by atoms with E-state index in [0.717, 1.165) is 25.1 Å². The zero-order chi connectivity index (χ0) is 13.1. The first kappa shape index (κ1) is 11.7. The summed E-state index contributed by atoms with van der Waals surface area (Å²) >= 11 is 0. The van der Waals surface area contributed by atoms with Crippen LogP contribution < -0.4 is 10.6 Å². The summed E-state index contributed by atoms with van der Waals surface area (Å²) in [6, 6.07) is 9.42. The van der Waals surface area contributed by atoms with Crippen molar-refractivity contribution in [3.8, 4) is 0 Å². The average Bonchev–Trinajstić information content (AvgIpc) is 2.48. The lowest BCUT2D eigenvalue weighted by Crippen LogP contribution is -2.15. The summed E-state index contributed by atoms with van der Waals surface area (Å²) in [7, 11) is 0. The van der Waals surface area contributed by atoms with Crippen molar-refractivity contribution in [3.63, 3.8) is 0 Å². The second-order valence-electron chi connectivity index (χ2n) is 4.60. The van der Waals surface area contributed by atoms with Gasteiger partial charge in [-0.15, -0.1) is 0 Å². The van der Waals surface area contributed by atoms with Gasteiger partial charge in [0.25, 0.3) is 5.91 Å². The van der Waals surface area contributed by atoms with E-state index in [2.05, 4.69) is 15.6 Å². The number of benzene rings is 1. The molecule has 0 saturated heterocycles. The summed E-state index contributed by atoms with van der Waals surface area (Å²) in [5, 5.41) is 6.18. The van der Waals surface area contributed by atoms with Crippen molar-refractivity contribution in [1.82, 2.24) is 4.98 Å². The minimum absolute atomic E-state index is 0.0960. The first-order valence-electron chi connectivity index (χ1n) is 6.41. The normalized spacial score (nSPS) is 13.3. The number of aryl methyl sites for hydroxylation is 1. The molecule has 19 heavy (non-hydrogen) atoms. The number of fused-ring (bicyclic) bond motifs is 1. The Kier molecular flexibility index (Phi) is 3.14. The maximum atomic E-state index is 12.1. The van der Waals surface area contributed by atoms with Gasteiger partial charge in [0.1, 0.15) is 0 Å². The highest BCUT2D eigenvalue weighted by Gasteiger charge is 2.12. The molecule has 0 radical (unpaired) electrons. The van der Waals surface area contributed by atoms with Crippen LogP contribution in [0.4, 0.5) is 11.4 Å². The van der Waals surface area contributed by atoms with Crippen LogP contribution in [0.15, 0.2) is 42.7 Å². The second-order valence-corrected chi connectivity index (χ2v) is 4.60. The van der Waals surface area contributed by atoms with Gasteiger partial charge in [-0.3, -0.25) is 9.78 Å². The van der Waals surface area contributed by atoms with Crippen LogP contribution in [0.5, 0.6) is 0 Å². The number of carbonyl (C=O) groups excluding carboxylic acids is 1. The third-order valence-corrected chi connectivity index (χ3v) is 3.23. The zero-order valence-electron chi connectivity index (χ0n) is 10.5. The van der Waals surface area contributed by atoms with Gasteiger partial charge in [0.15, 0.2) is 0 Å². The number of nitrogens with one attached hydrogen (secondary N) is 2. The van der Waals surface area contributed by atoms with E-state index in [9.17, 15) is 4.79 Å². The monoisotopic (exact) mass is 253 g/mol. The van der Waals surface area contributed by atoms with Crippen LogP contribution in [-0.4, -0.2) is 17.4 Å². The molecule has 3 rings (SSSR count). The number of amides is 1. The zero-order valence-corrected chi connectivity index (χ0v) is 10.5. The summed E-state index contributed by atoms with van der Waals surface area (Å²) < 4.78 is 0. The maximum Gasteiger partial charge on any atom is 0.255 e. The molecule has 1 aromatic heterocycles. The fourth-order valence-electron chi connectivity index (χ4n) is 2.26. The molecular formula is C15H15N3O. The van der Waals surface area contributed by atoms with Crippen molar-refractivity contribution in [2.24, 2.45) is 0 Å². The van der Waals surface area contributed by atoms with Crippen molar-refractivity contribution in [2.45, 2.75) is 12.8 Å². The lowest BCUT2D eigenvalue weighted by Gasteiger charge is -2.18. The fraction of sp³-hybridized carbons (Fsp3) is 0.200. The SMILES string of the molecule is O=C(Nc1cccnc1)c1ccc2c(c1)CCCN2. The molecule has 2 aromatic rings. The van der Waals surface area contributed by atoms with Gasteiger partial charge >= 0.3 is 0 Å². The van der Waals surface area contributed by atoms with E-state index in [4.69, 9.17) is 0 Å². The highest BCUT2D eigenvalue weighted by Crippen LogP contribution is 2.23. The second kappa shape index (κ2) is 5.10. The van der Waals surface area contributed by atoms with Gasteiger partial charge in [0.2, 0.25) is 0 Å². The topological polar surface area (TPSA) is 54.0 Å². The molecule has 0 unspecified atom stereocenters. The highest BCUT2D eigenvalue weighted by molar-refractivity contribution is 6.04. The van der Waals surface area contributed by atoms with Crippen LogP contribution in [0, 0.1) is 0 Å². The molecule has 2 heterocycles. The Bertz CT molecular complexity index is 596. The van der Waals surface area contributed by atoms with Gasteiger partial charge in [-0.1, -0.05) is 0 Å². The van der Waals surface area contributed by atoms with Crippen molar-refractivity contribution in [3.05, 3.63) is 53.9 Å². The number of aromatic nitrogens is 1. The van der Waals surface area contributed by atoms with Crippen molar-refractivity contribution < 1.29 is 4.79 Å². The smallest absolute Gasteiger partial charge is 0.255 e. The quantitative estimate of drug-likeness (QED) is 0.865. The Morgan fingerprint density at radius 1 is 1.32 bits per heavy atom. The molecular weight excluding hydrogens is 238 g/mol. The molecule has 1 aromatic carbocycles. The molecule has 0 bridgehead atoms. The number of hydrogen-bond donors (Lipinski definition) is 2. The number of anilines is 2. The molecule has 2 N–H and O–H groups in total. The summed E-state index contributed by atoms with van der Waals surface area (Å²) in [6.07, 6.45) is 5.45. The van der Waals surface area contributed by atoms with Crippen molar-refractivity contribution in [2.75, 3.05) is 17.2 Å². The molecule has 0 atom stereocenters. The van der Waals surface area contributed by atoms with E-state index in [0.29, 0.717) is 11.3 Å².